The molecule has 0 saturated heterocycles. The number of benzene rings is 1. The van der Waals surface area contributed by atoms with Gasteiger partial charge in [0.2, 0.25) is 0 Å². The number of rotatable bonds is 6. The van der Waals surface area contributed by atoms with Gasteiger partial charge >= 0.3 is 0 Å². The number of aromatic amines is 1. The maximum Gasteiger partial charge on any atom is 0.255 e. The number of hydrogen-bond acceptors (Lipinski definition) is 3. The van der Waals surface area contributed by atoms with E-state index in [4.69, 9.17) is 5.11 Å². The number of aromatic nitrogens is 2. The van der Waals surface area contributed by atoms with Gasteiger partial charge in [0.15, 0.2) is 0 Å². The van der Waals surface area contributed by atoms with E-state index in [0.29, 0.717) is 18.5 Å². The van der Waals surface area contributed by atoms with Crippen LogP contribution in [0.25, 0.3) is 11.3 Å². The number of carbonyl (C=O) groups is 1. The van der Waals surface area contributed by atoms with Crippen molar-refractivity contribution < 1.29 is 9.90 Å². The van der Waals surface area contributed by atoms with Crippen molar-refractivity contribution in [2.75, 3.05) is 13.2 Å². The average molecular weight is 273 g/mol. The van der Waals surface area contributed by atoms with Crippen molar-refractivity contribution in [1.82, 2.24) is 15.5 Å². The fourth-order valence-corrected chi connectivity index (χ4v) is 1.97. The molecular formula is C15H19N3O2. The second-order valence-electron chi connectivity index (χ2n) is 4.85. The molecule has 3 N–H and O–H groups in total. The molecule has 1 heterocycles. The lowest BCUT2D eigenvalue weighted by molar-refractivity contribution is 0.0946. The number of nitrogens with zero attached hydrogens (tertiary/aromatic N) is 1. The molecule has 2 rings (SSSR count). The molecular weight excluding hydrogens is 254 g/mol. The van der Waals surface area contributed by atoms with Gasteiger partial charge in [0.1, 0.15) is 0 Å². The molecule has 1 amide bonds. The van der Waals surface area contributed by atoms with Gasteiger partial charge in [0, 0.05) is 18.7 Å². The van der Waals surface area contributed by atoms with Gasteiger partial charge in [0.05, 0.1) is 17.5 Å². The molecule has 0 aliphatic carbocycles. The van der Waals surface area contributed by atoms with Crippen molar-refractivity contribution in [1.29, 1.82) is 0 Å². The second kappa shape index (κ2) is 6.86. The van der Waals surface area contributed by atoms with Crippen LogP contribution in [0.2, 0.25) is 0 Å². The number of H-pyrrole nitrogens is 1. The summed E-state index contributed by atoms with van der Waals surface area (Å²) in [6, 6.07) is 9.62. The van der Waals surface area contributed by atoms with Crippen LogP contribution in [0.4, 0.5) is 0 Å². The normalized spacial score (nSPS) is 12.1. The highest BCUT2D eigenvalue weighted by Gasteiger charge is 2.15. The molecule has 0 fully saturated rings. The smallest absolute Gasteiger partial charge is 0.255 e. The molecule has 0 aliphatic heterocycles. The predicted molar refractivity (Wildman–Crippen MR) is 77.2 cm³/mol. The molecule has 1 aromatic carbocycles. The molecule has 1 aromatic heterocycles. The maximum absolute atomic E-state index is 12.2. The third-order valence-corrected chi connectivity index (χ3v) is 3.18. The van der Waals surface area contributed by atoms with Gasteiger partial charge in [-0.15, -0.1) is 0 Å². The first-order valence-corrected chi connectivity index (χ1v) is 6.70. The fraction of sp³-hybridized carbons (Fsp3) is 0.333. The Morgan fingerprint density at radius 2 is 2.15 bits per heavy atom. The largest absolute Gasteiger partial charge is 0.396 e. The Kier molecular flexibility index (Phi) is 4.90. The first-order valence-electron chi connectivity index (χ1n) is 6.70. The average Bonchev–Trinajstić information content (AvgIpc) is 2.95. The summed E-state index contributed by atoms with van der Waals surface area (Å²) in [4.78, 5) is 12.2. The number of nitrogens with one attached hydrogen (secondary N) is 2. The van der Waals surface area contributed by atoms with Crippen LogP contribution in [0.3, 0.4) is 0 Å². The zero-order chi connectivity index (χ0) is 14.4. The topological polar surface area (TPSA) is 78.0 Å². The highest BCUT2D eigenvalue weighted by atomic mass is 16.3. The SMILES string of the molecule is CC(CCO)CNC(=O)c1cn[nH]c1-c1ccccc1. The zero-order valence-corrected chi connectivity index (χ0v) is 11.5. The molecule has 106 valence electrons. The first-order chi connectivity index (χ1) is 9.72. The molecule has 1 atom stereocenters. The predicted octanol–water partition coefficient (Wildman–Crippen LogP) is 1.83. The van der Waals surface area contributed by atoms with Gasteiger partial charge in [-0.05, 0) is 12.3 Å². The number of amides is 1. The van der Waals surface area contributed by atoms with Gasteiger partial charge in [0.25, 0.3) is 5.91 Å². The van der Waals surface area contributed by atoms with E-state index in [2.05, 4.69) is 15.5 Å². The van der Waals surface area contributed by atoms with E-state index < -0.39 is 0 Å². The Morgan fingerprint density at radius 1 is 1.40 bits per heavy atom. The van der Waals surface area contributed by atoms with Crippen molar-refractivity contribution in [3.63, 3.8) is 0 Å². The van der Waals surface area contributed by atoms with E-state index in [1.165, 1.54) is 6.20 Å². The second-order valence-corrected chi connectivity index (χ2v) is 4.85. The van der Waals surface area contributed by atoms with Crippen LogP contribution in [0.15, 0.2) is 36.5 Å². The van der Waals surface area contributed by atoms with Gasteiger partial charge < -0.3 is 10.4 Å². The third-order valence-electron chi connectivity index (χ3n) is 3.18. The molecule has 1 unspecified atom stereocenters. The van der Waals surface area contributed by atoms with Gasteiger partial charge in [-0.2, -0.15) is 5.10 Å². The molecule has 5 nitrogen and oxygen atoms in total. The molecule has 2 aromatic rings. The summed E-state index contributed by atoms with van der Waals surface area (Å²) < 4.78 is 0. The lowest BCUT2D eigenvalue weighted by atomic mass is 10.1. The van der Waals surface area contributed by atoms with Crippen molar-refractivity contribution in [3.05, 3.63) is 42.1 Å². The van der Waals surface area contributed by atoms with Crippen LogP contribution < -0.4 is 5.32 Å². The first kappa shape index (κ1) is 14.3. The minimum Gasteiger partial charge on any atom is -0.396 e. The Balaban J connectivity index is 2.07. The fourth-order valence-electron chi connectivity index (χ4n) is 1.97. The van der Waals surface area contributed by atoms with Crippen LogP contribution in [-0.2, 0) is 0 Å². The van der Waals surface area contributed by atoms with E-state index in [1.54, 1.807) is 0 Å². The van der Waals surface area contributed by atoms with E-state index in [-0.39, 0.29) is 18.4 Å². The highest BCUT2D eigenvalue weighted by Crippen LogP contribution is 2.20. The van der Waals surface area contributed by atoms with E-state index in [0.717, 1.165) is 11.3 Å². The van der Waals surface area contributed by atoms with E-state index >= 15 is 0 Å². The van der Waals surface area contributed by atoms with Crippen molar-refractivity contribution >= 4 is 5.91 Å². The minimum absolute atomic E-state index is 0.137. The van der Waals surface area contributed by atoms with Gasteiger partial charge in [-0.25, -0.2) is 0 Å². The van der Waals surface area contributed by atoms with Gasteiger partial charge in [-0.1, -0.05) is 37.3 Å². The monoisotopic (exact) mass is 273 g/mol. The van der Waals surface area contributed by atoms with Gasteiger partial charge in [-0.3, -0.25) is 9.89 Å². The van der Waals surface area contributed by atoms with Crippen LogP contribution in [0.1, 0.15) is 23.7 Å². The molecule has 0 spiro atoms. The Labute approximate surface area is 118 Å². The minimum atomic E-state index is -0.151. The Morgan fingerprint density at radius 3 is 2.85 bits per heavy atom. The summed E-state index contributed by atoms with van der Waals surface area (Å²) in [7, 11) is 0. The number of carbonyl (C=O) groups excluding carboxylic acids is 1. The Hall–Kier alpha value is -2.14. The quantitative estimate of drug-likeness (QED) is 0.751. The number of aliphatic hydroxyl groups is 1. The summed E-state index contributed by atoms with van der Waals surface area (Å²) in [5.74, 6) is 0.0958. The van der Waals surface area contributed by atoms with Crippen LogP contribution in [0, 0.1) is 5.92 Å². The number of hydrogen-bond donors (Lipinski definition) is 3. The summed E-state index contributed by atoms with van der Waals surface area (Å²) in [5, 5.41) is 18.5. The molecule has 5 heteroatoms. The maximum atomic E-state index is 12.2. The third kappa shape index (κ3) is 3.45. The summed E-state index contributed by atoms with van der Waals surface area (Å²) in [6.07, 6.45) is 2.21. The lowest BCUT2D eigenvalue weighted by Gasteiger charge is -2.11. The number of aliphatic hydroxyl groups excluding tert-OH is 1. The van der Waals surface area contributed by atoms with E-state index in [9.17, 15) is 4.79 Å². The molecule has 0 saturated carbocycles. The van der Waals surface area contributed by atoms with Crippen molar-refractivity contribution in [3.8, 4) is 11.3 Å². The van der Waals surface area contributed by atoms with Crippen LogP contribution in [0.5, 0.6) is 0 Å². The van der Waals surface area contributed by atoms with Crippen molar-refractivity contribution in [2.24, 2.45) is 5.92 Å². The Bertz CT molecular complexity index is 551. The summed E-state index contributed by atoms with van der Waals surface area (Å²) >= 11 is 0. The molecule has 0 aliphatic rings. The standard InChI is InChI=1S/C15H19N3O2/c1-11(7-8-19)9-16-15(20)13-10-17-18-14(13)12-5-3-2-4-6-12/h2-6,10-11,19H,7-9H2,1H3,(H,16,20)(H,17,18). The molecule has 0 bridgehead atoms. The van der Waals surface area contributed by atoms with E-state index in [1.807, 2.05) is 37.3 Å². The summed E-state index contributed by atoms with van der Waals surface area (Å²) in [6.45, 7) is 2.67. The van der Waals surface area contributed by atoms with Crippen LogP contribution >= 0.6 is 0 Å². The lowest BCUT2D eigenvalue weighted by Crippen LogP contribution is -2.28. The highest BCUT2D eigenvalue weighted by molar-refractivity contribution is 5.99. The molecule has 20 heavy (non-hydrogen) atoms. The van der Waals surface area contributed by atoms with Crippen LogP contribution in [-0.4, -0.2) is 34.4 Å². The summed E-state index contributed by atoms with van der Waals surface area (Å²) in [5.41, 5.74) is 2.18. The molecule has 0 radical (unpaired) electrons. The van der Waals surface area contributed by atoms with Crippen molar-refractivity contribution in [2.45, 2.75) is 13.3 Å². The zero-order valence-electron chi connectivity index (χ0n) is 11.5.